The zero-order valence-electron chi connectivity index (χ0n) is 14.3. The number of benzene rings is 1. The topological polar surface area (TPSA) is 26.7 Å². The highest BCUT2D eigenvalue weighted by atomic mass is 19.2. The van der Waals surface area contributed by atoms with Gasteiger partial charge in [-0.1, -0.05) is 25.3 Å². The summed E-state index contributed by atoms with van der Waals surface area (Å²) in [6, 6.07) is 5.11. The Balaban J connectivity index is 1.63. The van der Waals surface area contributed by atoms with Gasteiger partial charge in [0.25, 0.3) is 0 Å². The SMILES string of the molecule is OCCC1CN(C2CCCCC2)CCN1Cc1ccc(F)c(F)c1. The van der Waals surface area contributed by atoms with Crippen molar-refractivity contribution in [1.29, 1.82) is 0 Å². The lowest BCUT2D eigenvalue weighted by molar-refractivity contribution is 0.0221. The van der Waals surface area contributed by atoms with Crippen LogP contribution in [-0.2, 0) is 6.54 Å². The first-order chi connectivity index (χ1) is 11.7. The Hall–Kier alpha value is -1.04. The smallest absolute Gasteiger partial charge is 0.159 e. The summed E-state index contributed by atoms with van der Waals surface area (Å²) in [7, 11) is 0. The third-order valence-corrected chi connectivity index (χ3v) is 5.56. The average molecular weight is 338 g/mol. The maximum absolute atomic E-state index is 13.4. The van der Waals surface area contributed by atoms with Gasteiger partial charge < -0.3 is 5.11 Å². The quantitative estimate of drug-likeness (QED) is 0.893. The Bertz CT molecular complexity index is 534. The number of piperazine rings is 1. The average Bonchev–Trinajstić information content (AvgIpc) is 2.61. The van der Waals surface area contributed by atoms with Gasteiger partial charge in [0, 0.05) is 44.9 Å². The standard InChI is InChI=1S/C19H28F2N2O/c20-18-7-6-15(12-19(18)21)13-22-9-10-23(14-17(22)8-11-24)16-4-2-1-3-5-16/h6-7,12,16-17,24H,1-5,8-11,13-14H2. The van der Waals surface area contributed by atoms with Crippen molar-refractivity contribution in [2.45, 2.75) is 57.2 Å². The molecule has 1 saturated heterocycles. The molecule has 0 spiro atoms. The fraction of sp³-hybridized carbons (Fsp3) is 0.684. The van der Waals surface area contributed by atoms with Crippen LogP contribution in [0.25, 0.3) is 0 Å². The minimum absolute atomic E-state index is 0.164. The number of aliphatic hydroxyl groups excluding tert-OH is 1. The molecule has 1 aliphatic heterocycles. The molecule has 3 rings (SSSR count). The van der Waals surface area contributed by atoms with Crippen LogP contribution in [0.3, 0.4) is 0 Å². The minimum Gasteiger partial charge on any atom is -0.396 e. The van der Waals surface area contributed by atoms with Crippen molar-refractivity contribution in [3.63, 3.8) is 0 Å². The van der Waals surface area contributed by atoms with Crippen LogP contribution in [0.2, 0.25) is 0 Å². The molecule has 1 aromatic rings. The summed E-state index contributed by atoms with van der Waals surface area (Å²) in [6.45, 7) is 3.68. The van der Waals surface area contributed by atoms with Crippen molar-refractivity contribution in [1.82, 2.24) is 9.80 Å². The van der Waals surface area contributed by atoms with Gasteiger partial charge in [-0.15, -0.1) is 0 Å². The van der Waals surface area contributed by atoms with E-state index in [0.717, 1.165) is 31.6 Å². The van der Waals surface area contributed by atoms with Crippen LogP contribution >= 0.6 is 0 Å². The molecule has 1 unspecified atom stereocenters. The second-order valence-corrected chi connectivity index (χ2v) is 7.17. The lowest BCUT2D eigenvalue weighted by Crippen LogP contribution is -2.56. The molecule has 1 saturated carbocycles. The van der Waals surface area contributed by atoms with Crippen molar-refractivity contribution in [3.05, 3.63) is 35.4 Å². The van der Waals surface area contributed by atoms with Crippen LogP contribution < -0.4 is 0 Å². The van der Waals surface area contributed by atoms with E-state index in [1.54, 1.807) is 6.07 Å². The molecule has 0 bridgehead atoms. The number of halogens is 2. The molecule has 5 heteroatoms. The Morgan fingerprint density at radius 2 is 1.83 bits per heavy atom. The molecule has 0 amide bonds. The summed E-state index contributed by atoms with van der Waals surface area (Å²) in [6.07, 6.45) is 7.30. The summed E-state index contributed by atoms with van der Waals surface area (Å²) in [4.78, 5) is 4.89. The molecule has 1 atom stereocenters. The van der Waals surface area contributed by atoms with Crippen LogP contribution in [0.5, 0.6) is 0 Å². The van der Waals surface area contributed by atoms with Gasteiger partial charge in [0.2, 0.25) is 0 Å². The molecule has 0 radical (unpaired) electrons. The van der Waals surface area contributed by atoms with E-state index in [-0.39, 0.29) is 12.6 Å². The second kappa shape index (κ2) is 8.37. The molecular weight excluding hydrogens is 310 g/mol. The lowest BCUT2D eigenvalue weighted by atomic mass is 9.92. The van der Waals surface area contributed by atoms with Crippen LogP contribution in [0.1, 0.15) is 44.1 Å². The van der Waals surface area contributed by atoms with E-state index in [0.29, 0.717) is 12.6 Å². The van der Waals surface area contributed by atoms with E-state index in [9.17, 15) is 13.9 Å². The molecule has 1 aliphatic carbocycles. The van der Waals surface area contributed by atoms with Crippen molar-refractivity contribution < 1.29 is 13.9 Å². The van der Waals surface area contributed by atoms with Crippen molar-refractivity contribution in [2.24, 2.45) is 0 Å². The molecule has 3 nitrogen and oxygen atoms in total. The number of rotatable bonds is 5. The van der Waals surface area contributed by atoms with E-state index < -0.39 is 11.6 Å². The Kier molecular flexibility index (Phi) is 6.19. The Labute approximate surface area is 143 Å². The van der Waals surface area contributed by atoms with Gasteiger partial charge in [-0.3, -0.25) is 9.80 Å². The minimum atomic E-state index is -0.798. The first-order valence-corrected chi connectivity index (χ1v) is 9.20. The van der Waals surface area contributed by atoms with E-state index >= 15 is 0 Å². The van der Waals surface area contributed by atoms with Crippen molar-refractivity contribution in [2.75, 3.05) is 26.2 Å². The van der Waals surface area contributed by atoms with Crippen LogP contribution in [-0.4, -0.2) is 53.2 Å². The summed E-state index contributed by atoms with van der Waals surface area (Å²) in [5.41, 5.74) is 0.794. The van der Waals surface area contributed by atoms with Crippen molar-refractivity contribution >= 4 is 0 Å². The third-order valence-electron chi connectivity index (χ3n) is 5.56. The van der Waals surface area contributed by atoms with E-state index in [2.05, 4.69) is 9.80 Å². The monoisotopic (exact) mass is 338 g/mol. The molecule has 2 aliphatic rings. The lowest BCUT2D eigenvalue weighted by Gasteiger charge is -2.45. The maximum Gasteiger partial charge on any atom is 0.159 e. The van der Waals surface area contributed by atoms with Gasteiger partial charge in [0.15, 0.2) is 11.6 Å². The largest absolute Gasteiger partial charge is 0.396 e. The Morgan fingerprint density at radius 3 is 2.54 bits per heavy atom. The number of nitrogens with zero attached hydrogens (tertiary/aromatic N) is 2. The highest BCUT2D eigenvalue weighted by Gasteiger charge is 2.31. The zero-order valence-corrected chi connectivity index (χ0v) is 14.3. The second-order valence-electron chi connectivity index (χ2n) is 7.17. The number of aliphatic hydroxyl groups is 1. The van der Waals surface area contributed by atoms with Gasteiger partial charge in [0.1, 0.15) is 0 Å². The number of hydrogen-bond acceptors (Lipinski definition) is 3. The molecule has 1 aromatic carbocycles. The van der Waals surface area contributed by atoms with Gasteiger partial charge in [-0.05, 0) is 37.0 Å². The first kappa shape index (κ1) is 17.8. The van der Waals surface area contributed by atoms with Gasteiger partial charge in [-0.2, -0.15) is 0 Å². The van der Waals surface area contributed by atoms with Crippen molar-refractivity contribution in [3.8, 4) is 0 Å². The van der Waals surface area contributed by atoms with E-state index in [1.165, 1.54) is 44.2 Å². The summed E-state index contributed by atoms with van der Waals surface area (Å²) in [5, 5.41) is 9.42. The van der Waals surface area contributed by atoms with Gasteiger partial charge in [-0.25, -0.2) is 8.78 Å². The summed E-state index contributed by atoms with van der Waals surface area (Å²) < 4.78 is 26.5. The van der Waals surface area contributed by atoms with E-state index in [1.807, 2.05) is 0 Å². The molecule has 134 valence electrons. The fourth-order valence-electron chi connectivity index (χ4n) is 4.20. The summed E-state index contributed by atoms with van der Waals surface area (Å²) in [5.74, 6) is -1.58. The molecule has 2 fully saturated rings. The predicted octanol–water partition coefficient (Wildman–Crippen LogP) is 3.17. The van der Waals surface area contributed by atoms with Crippen LogP contribution in [0.15, 0.2) is 18.2 Å². The van der Waals surface area contributed by atoms with Crippen LogP contribution in [0, 0.1) is 11.6 Å². The Morgan fingerprint density at radius 1 is 1.04 bits per heavy atom. The normalized spacial score (nSPS) is 24.4. The highest BCUT2D eigenvalue weighted by molar-refractivity contribution is 5.18. The number of hydrogen-bond donors (Lipinski definition) is 1. The highest BCUT2D eigenvalue weighted by Crippen LogP contribution is 2.26. The molecule has 1 heterocycles. The zero-order chi connectivity index (χ0) is 16.9. The molecule has 0 aromatic heterocycles. The maximum atomic E-state index is 13.4. The molecule has 1 N–H and O–H groups in total. The van der Waals surface area contributed by atoms with Gasteiger partial charge >= 0.3 is 0 Å². The third kappa shape index (κ3) is 4.32. The predicted molar refractivity (Wildman–Crippen MR) is 90.7 cm³/mol. The first-order valence-electron chi connectivity index (χ1n) is 9.20. The molecule has 24 heavy (non-hydrogen) atoms. The molecular formula is C19H28F2N2O. The summed E-state index contributed by atoms with van der Waals surface area (Å²) >= 11 is 0. The van der Waals surface area contributed by atoms with Gasteiger partial charge in [0.05, 0.1) is 0 Å². The van der Waals surface area contributed by atoms with Crippen LogP contribution in [0.4, 0.5) is 8.78 Å². The fourth-order valence-corrected chi connectivity index (χ4v) is 4.20. The van der Waals surface area contributed by atoms with E-state index in [4.69, 9.17) is 0 Å².